The number of hydrogen-bond donors (Lipinski definition) is 3. The van der Waals surface area contributed by atoms with Crippen molar-refractivity contribution in [3.63, 3.8) is 0 Å². The minimum absolute atomic E-state index is 0. The quantitative estimate of drug-likeness (QED) is 0.598. The van der Waals surface area contributed by atoms with E-state index in [0.717, 1.165) is 57.4 Å². The monoisotopic (exact) mass is 490 g/mol. The molecule has 4 N–H and O–H groups in total. The van der Waals surface area contributed by atoms with Gasteiger partial charge in [-0.05, 0) is 93.3 Å². The van der Waals surface area contributed by atoms with Crippen molar-refractivity contribution in [2.75, 3.05) is 54.4 Å². The van der Waals surface area contributed by atoms with Crippen LogP contribution in [0.15, 0.2) is 36.4 Å². The summed E-state index contributed by atoms with van der Waals surface area (Å²) in [4.78, 5) is 27.0. The van der Waals surface area contributed by atoms with Gasteiger partial charge in [0, 0.05) is 38.8 Å². The molecule has 2 aliphatic heterocycles. The highest BCUT2D eigenvalue weighted by Crippen LogP contribution is 2.18. The molecule has 8 heteroatoms. The van der Waals surface area contributed by atoms with E-state index in [1.807, 2.05) is 24.3 Å². The highest BCUT2D eigenvalue weighted by molar-refractivity contribution is 5.94. The number of nitrogens with one attached hydrogen (secondary N) is 1. The minimum atomic E-state index is -0.838. The first-order valence-electron chi connectivity index (χ1n) is 11.5. The van der Waals surface area contributed by atoms with Crippen LogP contribution in [0.3, 0.4) is 0 Å². The van der Waals surface area contributed by atoms with Gasteiger partial charge in [-0.3, -0.25) is 4.79 Å². The summed E-state index contributed by atoms with van der Waals surface area (Å²) in [5.74, 6) is -0.837. The molecule has 4 rings (SSSR count). The summed E-state index contributed by atoms with van der Waals surface area (Å²) in [6.45, 7) is 4.24. The summed E-state index contributed by atoms with van der Waals surface area (Å²) >= 11 is 0. The predicted molar refractivity (Wildman–Crippen MR) is 140 cm³/mol. The molecule has 0 radical (unpaired) electrons. The average Bonchev–Trinajstić information content (AvgIpc) is 3.15. The third-order valence-electron chi connectivity index (χ3n) is 6.20. The summed E-state index contributed by atoms with van der Waals surface area (Å²) in [6, 6.07) is 11.5. The molecule has 0 atom stereocenters. The van der Waals surface area contributed by atoms with Crippen molar-refractivity contribution in [3.05, 3.63) is 69.8 Å². The molecule has 1 amide bonds. The number of carboxylic acids is 1. The maximum atomic E-state index is 11.5. The smallest absolute Gasteiger partial charge is 0.335 e. The van der Waals surface area contributed by atoms with Crippen molar-refractivity contribution in [3.8, 4) is 0 Å². The second kappa shape index (κ2) is 14.7. The number of halogens is 1. The van der Waals surface area contributed by atoms with Crippen LogP contribution >= 0.6 is 12.4 Å². The minimum Gasteiger partial charge on any atom is -0.478 e. The number of hydrogen-bond acceptors (Lipinski definition) is 5. The number of benzene rings is 2. The highest BCUT2D eigenvalue weighted by atomic mass is 35.5. The lowest BCUT2D eigenvalue weighted by atomic mass is 10.00. The van der Waals surface area contributed by atoms with Crippen LogP contribution in [0.4, 0.5) is 0 Å². The van der Waals surface area contributed by atoms with E-state index in [2.05, 4.69) is 41.0 Å². The molecular weight excluding hydrogens is 452 g/mol. The van der Waals surface area contributed by atoms with Gasteiger partial charge < -0.3 is 26.0 Å². The van der Waals surface area contributed by atoms with E-state index in [1.54, 1.807) is 13.1 Å². The van der Waals surface area contributed by atoms with Crippen LogP contribution in [0.25, 0.3) is 0 Å². The van der Waals surface area contributed by atoms with Crippen molar-refractivity contribution in [1.29, 1.82) is 0 Å². The van der Waals surface area contributed by atoms with Crippen LogP contribution in [0, 0.1) is 0 Å². The molecule has 0 unspecified atom stereocenters. The van der Waals surface area contributed by atoms with Crippen LogP contribution in [-0.4, -0.2) is 81.2 Å². The van der Waals surface area contributed by atoms with Gasteiger partial charge in [0.2, 0.25) is 0 Å². The van der Waals surface area contributed by atoms with E-state index in [4.69, 9.17) is 5.11 Å². The van der Waals surface area contributed by atoms with Crippen LogP contribution in [0.1, 0.15) is 43.0 Å². The van der Waals surface area contributed by atoms with Crippen molar-refractivity contribution in [1.82, 2.24) is 15.1 Å². The normalized spacial score (nSPS) is 15.3. The number of likely N-dealkylation sites (N-methyl/N-ethyl adjacent to an activating group) is 2. The zero-order valence-corrected chi connectivity index (χ0v) is 21.6. The SMILES string of the molecule is CN.CN1CCc2ccc(C(=O)O)cc2CC1.CNC(=O)c1ccc2c(c1)CCN(C)CC2.Cl. The van der Waals surface area contributed by atoms with Gasteiger partial charge in [0.1, 0.15) is 0 Å². The van der Waals surface area contributed by atoms with E-state index < -0.39 is 5.97 Å². The van der Waals surface area contributed by atoms with Gasteiger partial charge in [-0.15, -0.1) is 12.4 Å². The van der Waals surface area contributed by atoms with Gasteiger partial charge in [0.25, 0.3) is 5.91 Å². The molecule has 0 fully saturated rings. The molecule has 0 saturated heterocycles. The molecule has 0 bridgehead atoms. The van der Waals surface area contributed by atoms with Crippen molar-refractivity contribution in [2.24, 2.45) is 5.73 Å². The molecule has 0 aliphatic carbocycles. The molecule has 0 aromatic heterocycles. The number of aromatic carboxylic acids is 1. The molecule has 7 nitrogen and oxygen atoms in total. The highest BCUT2D eigenvalue weighted by Gasteiger charge is 2.14. The Morgan fingerprint density at radius 2 is 1.15 bits per heavy atom. The number of nitrogens with two attached hydrogens (primary N) is 1. The molecule has 0 saturated carbocycles. The van der Waals surface area contributed by atoms with E-state index >= 15 is 0 Å². The Labute approximate surface area is 209 Å². The van der Waals surface area contributed by atoms with Gasteiger partial charge in [-0.25, -0.2) is 4.79 Å². The maximum absolute atomic E-state index is 11.5. The molecule has 188 valence electrons. The molecule has 34 heavy (non-hydrogen) atoms. The summed E-state index contributed by atoms with van der Waals surface area (Å²) in [6.07, 6.45) is 4.09. The second-order valence-electron chi connectivity index (χ2n) is 8.46. The molecule has 2 aliphatic rings. The lowest BCUT2D eigenvalue weighted by molar-refractivity contribution is 0.0696. The summed E-state index contributed by atoms with van der Waals surface area (Å²) in [5.41, 5.74) is 10.9. The Kier molecular flexibility index (Phi) is 12.8. The van der Waals surface area contributed by atoms with E-state index in [9.17, 15) is 9.59 Å². The number of rotatable bonds is 2. The van der Waals surface area contributed by atoms with Crippen LogP contribution < -0.4 is 11.1 Å². The Morgan fingerprint density at radius 3 is 1.56 bits per heavy atom. The fraction of sp³-hybridized carbons (Fsp3) is 0.462. The average molecular weight is 491 g/mol. The molecule has 2 aromatic rings. The first-order chi connectivity index (χ1) is 15.9. The largest absolute Gasteiger partial charge is 0.478 e. The van der Waals surface area contributed by atoms with Gasteiger partial charge in [-0.2, -0.15) is 0 Å². The zero-order valence-electron chi connectivity index (χ0n) is 20.8. The third-order valence-corrected chi connectivity index (χ3v) is 6.20. The van der Waals surface area contributed by atoms with E-state index in [0.29, 0.717) is 5.56 Å². The third kappa shape index (κ3) is 8.40. The fourth-order valence-corrected chi connectivity index (χ4v) is 4.09. The Bertz CT molecular complexity index is 952. The second-order valence-corrected chi connectivity index (χ2v) is 8.46. The van der Waals surface area contributed by atoms with E-state index in [-0.39, 0.29) is 18.3 Å². The standard InChI is InChI=1S/C13H18N2O.C12H15NO2.CH5N.ClH/c1-14-13(16)12-4-3-10-5-7-15(2)8-6-11(10)9-12;1-13-6-4-9-2-3-11(12(14)15)8-10(9)5-7-13;1-2;/h3-4,9H,5-8H2,1-2H3,(H,14,16);2-3,8H,4-7H2,1H3,(H,14,15);2H2,1H3;1H. The van der Waals surface area contributed by atoms with Gasteiger partial charge in [0.05, 0.1) is 5.56 Å². The first-order valence-corrected chi connectivity index (χ1v) is 11.5. The van der Waals surface area contributed by atoms with E-state index in [1.165, 1.54) is 29.3 Å². The molecule has 2 heterocycles. The predicted octanol–water partition coefficient (Wildman–Crippen LogP) is 2.49. The molecule has 0 spiro atoms. The van der Waals surface area contributed by atoms with Crippen LogP contribution in [0.5, 0.6) is 0 Å². The topological polar surface area (TPSA) is 98.9 Å². The van der Waals surface area contributed by atoms with Gasteiger partial charge in [-0.1, -0.05) is 12.1 Å². The zero-order chi connectivity index (χ0) is 24.4. The summed E-state index contributed by atoms with van der Waals surface area (Å²) in [7, 11) is 7.41. The van der Waals surface area contributed by atoms with Crippen molar-refractivity contribution < 1.29 is 14.7 Å². The summed E-state index contributed by atoms with van der Waals surface area (Å²) in [5, 5.41) is 11.6. The summed E-state index contributed by atoms with van der Waals surface area (Å²) < 4.78 is 0. The van der Waals surface area contributed by atoms with Gasteiger partial charge >= 0.3 is 5.97 Å². The fourth-order valence-electron chi connectivity index (χ4n) is 4.09. The van der Waals surface area contributed by atoms with Crippen LogP contribution in [0.2, 0.25) is 0 Å². The number of carbonyl (C=O) groups excluding carboxylic acids is 1. The number of amides is 1. The number of fused-ring (bicyclic) bond motifs is 2. The first kappa shape index (κ1) is 29.6. The molecular formula is C26H39ClN4O3. The Morgan fingerprint density at radius 1 is 0.765 bits per heavy atom. The lowest BCUT2D eigenvalue weighted by Crippen LogP contribution is -2.20. The Hall–Kier alpha value is -2.45. The number of carboxylic acid groups (broad SMARTS) is 1. The maximum Gasteiger partial charge on any atom is 0.335 e. The lowest BCUT2D eigenvalue weighted by Gasteiger charge is -2.10. The van der Waals surface area contributed by atoms with Crippen molar-refractivity contribution >= 4 is 24.3 Å². The number of nitrogens with zero attached hydrogens (tertiary/aromatic N) is 2. The van der Waals surface area contributed by atoms with Crippen molar-refractivity contribution in [2.45, 2.75) is 25.7 Å². The van der Waals surface area contributed by atoms with Crippen LogP contribution in [-0.2, 0) is 25.7 Å². The number of carbonyl (C=O) groups is 2. The molecule has 2 aromatic carbocycles. The van der Waals surface area contributed by atoms with Gasteiger partial charge in [0.15, 0.2) is 0 Å². The Balaban J connectivity index is 0.000000309.